The van der Waals surface area contributed by atoms with Gasteiger partial charge in [0, 0.05) is 0 Å². The predicted molar refractivity (Wildman–Crippen MR) is 53.7 cm³/mol. The first-order chi connectivity index (χ1) is 6.66. The molecule has 2 rings (SSSR count). The van der Waals surface area contributed by atoms with Gasteiger partial charge in [-0.2, -0.15) is 9.78 Å². The fourth-order valence-electron chi connectivity index (χ4n) is 1.36. The number of hydrogen-bond donors (Lipinski definition) is 1. The van der Waals surface area contributed by atoms with E-state index in [2.05, 4.69) is 10.1 Å². The van der Waals surface area contributed by atoms with Crippen molar-refractivity contribution in [1.29, 1.82) is 0 Å². The Balaban J connectivity index is 2.60. The lowest BCUT2D eigenvalue weighted by molar-refractivity contribution is 0.832. The summed E-state index contributed by atoms with van der Waals surface area (Å²) in [7, 11) is 0. The van der Waals surface area contributed by atoms with Gasteiger partial charge in [0.15, 0.2) is 0 Å². The SMILES string of the molecule is Cc1cccc(-n2nc(C)[nH]c2=O)c1. The molecule has 0 saturated carbocycles. The number of aryl methyl sites for hydroxylation is 2. The maximum atomic E-state index is 11.4. The Labute approximate surface area is 81.2 Å². The molecule has 1 heterocycles. The van der Waals surface area contributed by atoms with E-state index in [4.69, 9.17) is 0 Å². The monoisotopic (exact) mass is 189 g/mol. The van der Waals surface area contributed by atoms with Crippen molar-refractivity contribution < 1.29 is 0 Å². The van der Waals surface area contributed by atoms with Crippen molar-refractivity contribution in [2.45, 2.75) is 13.8 Å². The molecule has 1 N–H and O–H groups in total. The van der Waals surface area contributed by atoms with Gasteiger partial charge >= 0.3 is 5.69 Å². The van der Waals surface area contributed by atoms with Crippen LogP contribution in [0, 0.1) is 13.8 Å². The number of aromatic nitrogens is 3. The Kier molecular flexibility index (Phi) is 1.96. The molecule has 0 unspecified atom stereocenters. The topological polar surface area (TPSA) is 50.7 Å². The lowest BCUT2D eigenvalue weighted by Crippen LogP contribution is -2.15. The van der Waals surface area contributed by atoms with Gasteiger partial charge in [0.25, 0.3) is 0 Å². The summed E-state index contributed by atoms with van der Waals surface area (Å²) in [6, 6.07) is 7.66. The highest BCUT2D eigenvalue weighted by atomic mass is 16.1. The third-order valence-corrected chi connectivity index (χ3v) is 1.98. The third-order valence-electron chi connectivity index (χ3n) is 1.98. The van der Waals surface area contributed by atoms with E-state index in [1.807, 2.05) is 31.2 Å². The van der Waals surface area contributed by atoms with Gasteiger partial charge < -0.3 is 0 Å². The first kappa shape index (κ1) is 8.74. The molecule has 0 aliphatic carbocycles. The normalized spacial score (nSPS) is 10.4. The Morgan fingerprint density at radius 2 is 2.14 bits per heavy atom. The van der Waals surface area contributed by atoms with Gasteiger partial charge in [0.05, 0.1) is 5.69 Å². The van der Waals surface area contributed by atoms with Crippen molar-refractivity contribution in [3.63, 3.8) is 0 Å². The van der Waals surface area contributed by atoms with Crippen LogP contribution in [-0.2, 0) is 0 Å². The molecule has 0 fully saturated rings. The van der Waals surface area contributed by atoms with Crippen LogP contribution in [0.15, 0.2) is 29.1 Å². The van der Waals surface area contributed by atoms with Crippen molar-refractivity contribution in [2.24, 2.45) is 0 Å². The van der Waals surface area contributed by atoms with Crippen LogP contribution in [-0.4, -0.2) is 14.8 Å². The molecular weight excluding hydrogens is 178 g/mol. The highest BCUT2D eigenvalue weighted by Crippen LogP contribution is 2.06. The minimum Gasteiger partial charge on any atom is -0.293 e. The van der Waals surface area contributed by atoms with E-state index in [1.54, 1.807) is 6.92 Å². The van der Waals surface area contributed by atoms with E-state index < -0.39 is 0 Å². The van der Waals surface area contributed by atoms with E-state index in [0.717, 1.165) is 11.3 Å². The quantitative estimate of drug-likeness (QED) is 0.732. The van der Waals surface area contributed by atoms with Crippen LogP contribution in [0.4, 0.5) is 0 Å². The van der Waals surface area contributed by atoms with Gasteiger partial charge in [-0.25, -0.2) is 4.79 Å². The molecule has 4 heteroatoms. The molecule has 1 aromatic heterocycles. The number of hydrogen-bond acceptors (Lipinski definition) is 2. The second-order valence-corrected chi connectivity index (χ2v) is 3.27. The molecular formula is C10H11N3O. The summed E-state index contributed by atoms with van der Waals surface area (Å²) >= 11 is 0. The van der Waals surface area contributed by atoms with E-state index in [0.29, 0.717) is 5.82 Å². The second kappa shape index (κ2) is 3.14. The van der Waals surface area contributed by atoms with E-state index >= 15 is 0 Å². The van der Waals surface area contributed by atoms with Gasteiger partial charge in [-0.15, -0.1) is 0 Å². The van der Waals surface area contributed by atoms with Crippen LogP contribution in [0.3, 0.4) is 0 Å². The zero-order valence-corrected chi connectivity index (χ0v) is 8.11. The van der Waals surface area contributed by atoms with Crippen LogP contribution in [0.1, 0.15) is 11.4 Å². The molecule has 0 spiro atoms. The average Bonchev–Trinajstić information content (AvgIpc) is 2.45. The smallest absolute Gasteiger partial charge is 0.293 e. The molecule has 2 aromatic rings. The summed E-state index contributed by atoms with van der Waals surface area (Å²) < 4.78 is 1.36. The van der Waals surface area contributed by atoms with E-state index in [9.17, 15) is 4.79 Å². The number of nitrogens with one attached hydrogen (secondary N) is 1. The van der Waals surface area contributed by atoms with Gasteiger partial charge in [-0.05, 0) is 31.5 Å². The molecule has 0 aliphatic rings. The van der Waals surface area contributed by atoms with Crippen LogP contribution >= 0.6 is 0 Å². The molecule has 72 valence electrons. The van der Waals surface area contributed by atoms with Crippen molar-refractivity contribution in [3.05, 3.63) is 46.1 Å². The van der Waals surface area contributed by atoms with Crippen molar-refractivity contribution >= 4 is 0 Å². The summed E-state index contributed by atoms with van der Waals surface area (Å²) in [5.74, 6) is 0.622. The van der Waals surface area contributed by atoms with Crippen molar-refractivity contribution in [2.75, 3.05) is 0 Å². The van der Waals surface area contributed by atoms with Crippen LogP contribution in [0.25, 0.3) is 5.69 Å². The fraction of sp³-hybridized carbons (Fsp3) is 0.200. The molecule has 0 aliphatic heterocycles. The highest BCUT2D eigenvalue weighted by Gasteiger charge is 2.03. The zero-order chi connectivity index (χ0) is 10.1. The Morgan fingerprint density at radius 3 is 2.71 bits per heavy atom. The average molecular weight is 189 g/mol. The van der Waals surface area contributed by atoms with E-state index in [-0.39, 0.29) is 5.69 Å². The molecule has 0 radical (unpaired) electrons. The standard InChI is InChI=1S/C10H11N3O/c1-7-4-3-5-9(6-7)13-10(14)11-8(2)12-13/h3-6H,1-2H3,(H,11,12,14). The largest absolute Gasteiger partial charge is 0.348 e. The number of aromatic amines is 1. The van der Waals surface area contributed by atoms with Gasteiger partial charge in [0.2, 0.25) is 0 Å². The number of benzene rings is 1. The first-order valence-corrected chi connectivity index (χ1v) is 4.40. The molecule has 0 amide bonds. The van der Waals surface area contributed by atoms with Gasteiger partial charge in [0.1, 0.15) is 5.82 Å². The Morgan fingerprint density at radius 1 is 1.36 bits per heavy atom. The Hall–Kier alpha value is -1.84. The minimum atomic E-state index is -0.201. The summed E-state index contributed by atoms with van der Waals surface area (Å²) in [5, 5.41) is 4.07. The molecule has 1 aromatic carbocycles. The maximum absolute atomic E-state index is 11.4. The van der Waals surface area contributed by atoms with Gasteiger partial charge in [-0.1, -0.05) is 12.1 Å². The summed E-state index contributed by atoms with van der Waals surface area (Å²) in [5.41, 5.74) is 1.70. The van der Waals surface area contributed by atoms with Crippen LogP contribution in [0.2, 0.25) is 0 Å². The molecule has 14 heavy (non-hydrogen) atoms. The predicted octanol–water partition coefficient (Wildman–Crippen LogP) is 1.18. The second-order valence-electron chi connectivity index (χ2n) is 3.27. The molecule has 4 nitrogen and oxygen atoms in total. The van der Waals surface area contributed by atoms with Crippen molar-refractivity contribution in [3.8, 4) is 5.69 Å². The molecule has 0 bridgehead atoms. The first-order valence-electron chi connectivity index (χ1n) is 4.40. The lowest BCUT2D eigenvalue weighted by Gasteiger charge is -1.99. The molecule has 0 saturated heterocycles. The molecule has 0 atom stereocenters. The minimum absolute atomic E-state index is 0.201. The summed E-state index contributed by atoms with van der Waals surface area (Å²) in [6.45, 7) is 3.74. The fourth-order valence-corrected chi connectivity index (χ4v) is 1.36. The lowest BCUT2D eigenvalue weighted by atomic mass is 10.2. The van der Waals surface area contributed by atoms with Crippen molar-refractivity contribution in [1.82, 2.24) is 14.8 Å². The number of rotatable bonds is 1. The number of nitrogens with zero attached hydrogens (tertiary/aromatic N) is 2. The number of H-pyrrole nitrogens is 1. The van der Waals surface area contributed by atoms with Crippen LogP contribution < -0.4 is 5.69 Å². The Bertz CT molecular complexity index is 510. The van der Waals surface area contributed by atoms with Crippen LogP contribution in [0.5, 0.6) is 0 Å². The summed E-state index contributed by atoms with van der Waals surface area (Å²) in [6.07, 6.45) is 0. The third kappa shape index (κ3) is 1.46. The summed E-state index contributed by atoms with van der Waals surface area (Å²) in [4.78, 5) is 14.0. The zero-order valence-electron chi connectivity index (χ0n) is 8.11. The van der Waals surface area contributed by atoms with E-state index in [1.165, 1.54) is 4.68 Å². The van der Waals surface area contributed by atoms with Gasteiger partial charge in [-0.3, -0.25) is 4.98 Å². The maximum Gasteiger partial charge on any atom is 0.348 e. The highest BCUT2D eigenvalue weighted by molar-refractivity contribution is 5.33.